The van der Waals surface area contributed by atoms with Gasteiger partial charge in [0.1, 0.15) is 0 Å². The fourth-order valence-electron chi connectivity index (χ4n) is 4.62. The number of hydrogen-bond acceptors (Lipinski definition) is 1. The predicted molar refractivity (Wildman–Crippen MR) is 47.6 cm³/mol. The third-order valence-corrected chi connectivity index (χ3v) is 5.24. The number of aliphatic hydroxyl groups is 1. The largest absolute Gasteiger partial charge is 0.393 e. The molecule has 3 fully saturated rings. The van der Waals surface area contributed by atoms with E-state index in [0.29, 0.717) is 11.3 Å². The first-order valence-corrected chi connectivity index (χ1v) is 5.31. The Morgan fingerprint density at radius 3 is 2.67 bits per heavy atom. The highest BCUT2D eigenvalue weighted by Crippen LogP contribution is 2.69. The van der Waals surface area contributed by atoms with E-state index in [1.54, 1.807) is 0 Å². The lowest BCUT2D eigenvalue weighted by Gasteiger charge is -2.39. The third kappa shape index (κ3) is 0.585. The zero-order chi connectivity index (χ0) is 8.51. The van der Waals surface area contributed by atoms with Gasteiger partial charge in [0.25, 0.3) is 0 Å². The molecular formula is C11H18O. The number of aliphatic hydroxyl groups excluding tert-OH is 1. The summed E-state index contributed by atoms with van der Waals surface area (Å²) in [5.74, 6) is 3.29. The third-order valence-electron chi connectivity index (χ3n) is 5.24. The van der Waals surface area contributed by atoms with Crippen molar-refractivity contribution in [3.63, 3.8) is 0 Å². The van der Waals surface area contributed by atoms with Gasteiger partial charge in [-0.25, -0.2) is 0 Å². The average molecular weight is 166 g/mol. The Hall–Kier alpha value is -0.0400. The molecule has 6 atom stereocenters. The summed E-state index contributed by atoms with van der Waals surface area (Å²) in [5.41, 5.74) is 0.507. The molecular weight excluding hydrogens is 148 g/mol. The minimum Gasteiger partial charge on any atom is -0.393 e. The molecule has 68 valence electrons. The van der Waals surface area contributed by atoms with Gasteiger partial charge in [0.05, 0.1) is 6.10 Å². The first-order valence-electron chi connectivity index (χ1n) is 5.31. The second-order valence-electron chi connectivity index (χ2n) is 5.60. The molecule has 0 spiro atoms. The van der Waals surface area contributed by atoms with Crippen LogP contribution in [0.1, 0.15) is 33.1 Å². The van der Waals surface area contributed by atoms with Gasteiger partial charge in [-0.15, -0.1) is 0 Å². The highest BCUT2D eigenvalue weighted by molar-refractivity contribution is 5.13. The smallest absolute Gasteiger partial charge is 0.0579 e. The number of rotatable bonds is 0. The normalized spacial score (nSPS) is 67.8. The van der Waals surface area contributed by atoms with Gasteiger partial charge in [0, 0.05) is 0 Å². The van der Waals surface area contributed by atoms with E-state index in [1.807, 2.05) is 0 Å². The van der Waals surface area contributed by atoms with Crippen LogP contribution in [0.2, 0.25) is 0 Å². The van der Waals surface area contributed by atoms with E-state index in [1.165, 1.54) is 12.8 Å². The molecule has 0 heterocycles. The van der Waals surface area contributed by atoms with Gasteiger partial charge in [-0.05, 0) is 48.3 Å². The molecule has 4 bridgehead atoms. The van der Waals surface area contributed by atoms with Crippen molar-refractivity contribution in [2.75, 3.05) is 0 Å². The summed E-state index contributed by atoms with van der Waals surface area (Å²) in [6, 6.07) is 0. The molecule has 0 amide bonds. The second-order valence-corrected chi connectivity index (χ2v) is 5.60. The van der Waals surface area contributed by atoms with E-state index >= 15 is 0 Å². The van der Waals surface area contributed by atoms with E-state index in [9.17, 15) is 5.11 Å². The molecule has 3 aliphatic rings. The fourth-order valence-corrected chi connectivity index (χ4v) is 4.62. The number of hydrogen-bond donors (Lipinski definition) is 1. The zero-order valence-electron chi connectivity index (χ0n) is 7.96. The van der Waals surface area contributed by atoms with Gasteiger partial charge in [-0.1, -0.05) is 13.8 Å². The Morgan fingerprint density at radius 2 is 2.08 bits per heavy atom. The maximum absolute atomic E-state index is 9.88. The Labute approximate surface area is 74.2 Å². The molecule has 0 aliphatic heterocycles. The molecule has 12 heavy (non-hydrogen) atoms. The summed E-state index contributed by atoms with van der Waals surface area (Å²) in [5, 5.41) is 9.88. The van der Waals surface area contributed by atoms with Crippen LogP contribution in [0.5, 0.6) is 0 Å². The highest BCUT2D eigenvalue weighted by atomic mass is 16.3. The van der Waals surface area contributed by atoms with Crippen LogP contribution in [-0.2, 0) is 0 Å². The molecule has 1 heteroatoms. The van der Waals surface area contributed by atoms with Crippen LogP contribution in [-0.4, -0.2) is 11.2 Å². The molecule has 1 N–H and O–H groups in total. The lowest BCUT2D eigenvalue weighted by Crippen LogP contribution is -2.35. The fraction of sp³-hybridized carbons (Fsp3) is 1.00. The van der Waals surface area contributed by atoms with Crippen molar-refractivity contribution in [3.8, 4) is 0 Å². The van der Waals surface area contributed by atoms with E-state index < -0.39 is 0 Å². The van der Waals surface area contributed by atoms with E-state index in [0.717, 1.165) is 24.2 Å². The maximum atomic E-state index is 9.88. The first kappa shape index (κ1) is 7.37. The molecule has 3 saturated carbocycles. The summed E-state index contributed by atoms with van der Waals surface area (Å²) in [6.45, 7) is 4.78. The Balaban J connectivity index is 2.03. The predicted octanol–water partition coefficient (Wildman–Crippen LogP) is 2.05. The van der Waals surface area contributed by atoms with Gasteiger partial charge in [0.2, 0.25) is 0 Å². The summed E-state index contributed by atoms with van der Waals surface area (Å²) in [4.78, 5) is 0. The zero-order valence-corrected chi connectivity index (χ0v) is 7.96. The summed E-state index contributed by atoms with van der Waals surface area (Å²) in [6.07, 6.45) is 3.95. The molecule has 2 unspecified atom stereocenters. The van der Waals surface area contributed by atoms with Crippen molar-refractivity contribution < 1.29 is 5.11 Å². The summed E-state index contributed by atoms with van der Waals surface area (Å²) in [7, 11) is 0. The van der Waals surface area contributed by atoms with Crippen molar-refractivity contribution >= 4 is 0 Å². The monoisotopic (exact) mass is 166 g/mol. The van der Waals surface area contributed by atoms with Crippen molar-refractivity contribution in [1.82, 2.24) is 0 Å². The Morgan fingerprint density at radius 1 is 1.33 bits per heavy atom. The van der Waals surface area contributed by atoms with Crippen molar-refractivity contribution in [2.45, 2.75) is 39.2 Å². The molecule has 0 aromatic carbocycles. The van der Waals surface area contributed by atoms with E-state index in [4.69, 9.17) is 0 Å². The van der Waals surface area contributed by atoms with Gasteiger partial charge in [-0.2, -0.15) is 0 Å². The molecule has 0 aromatic rings. The Bertz CT molecular complexity index is 225. The van der Waals surface area contributed by atoms with Crippen LogP contribution in [0.25, 0.3) is 0 Å². The highest BCUT2D eigenvalue weighted by Gasteiger charge is 2.65. The summed E-state index contributed by atoms with van der Waals surface area (Å²) >= 11 is 0. The topological polar surface area (TPSA) is 20.2 Å². The van der Waals surface area contributed by atoms with Crippen LogP contribution in [0, 0.1) is 29.1 Å². The summed E-state index contributed by atoms with van der Waals surface area (Å²) < 4.78 is 0. The van der Waals surface area contributed by atoms with Crippen LogP contribution in [0.15, 0.2) is 0 Å². The quantitative estimate of drug-likeness (QED) is 0.584. The molecule has 1 nitrogen and oxygen atoms in total. The van der Waals surface area contributed by atoms with Crippen LogP contribution >= 0.6 is 0 Å². The second kappa shape index (κ2) is 1.89. The molecule has 3 aliphatic carbocycles. The lowest BCUT2D eigenvalue weighted by molar-refractivity contribution is 0.0179. The Kier molecular flexibility index (Phi) is 1.16. The first-order chi connectivity index (χ1) is 5.63. The molecule has 0 aromatic heterocycles. The van der Waals surface area contributed by atoms with Crippen LogP contribution in [0.3, 0.4) is 0 Å². The van der Waals surface area contributed by atoms with Gasteiger partial charge in [0.15, 0.2) is 0 Å². The SMILES string of the molecule is C[C@H]1CC2[C@@H]3C[C@@H](O)[C@@H]2C1(C)C3. The van der Waals surface area contributed by atoms with Gasteiger partial charge in [-0.3, -0.25) is 0 Å². The molecule has 0 radical (unpaired) electrons. The lowest BCUT2D eigenvalue weighted by atomic mass is 9.67. The van der Waals surface area contributed by atoms with Gasteiger partial charge < -0.3 is 5.11 Å². The van der Waals surface area contributed by atoms with Gasteiger partial charge >= 0.3 is 0 Å². The standard InChI is InChI=1S/C11H18O/c1-6-3-8-7-4-9(12)10(8)11(6,2)5-7/h6-10,12H,3-5H2,1-2H3/t6-,7+,8?,9+,10+,11?/m0/s1. The van der Waals surface area contributed by atoms with E-state index in [2.05, 4.69) is 13.8 Å². The van der Waals surface area contributed by atoms with Crippen molar-refractivity contribution in [1.29, 1.82) is 0 Å². The van der Waals surface area contributed by atoms with Crippen LogP contribution < -0.4 is 0 Å². The molecule has 0 saturated heterocycles. The van der Waals surface area contributed by atoms with Crippen molar-refractivity contribution in [3.05, 3.63) is 0 Å². The van der Waals surface area contributed by atoms with Crippen LogP contribution in [0.4, 0.5) is 0 Å². The molecule has 3 rings (SSSR count). The minimum absolute atomic E-state index is 0.0451. The minimum atomic E-state index is 0.0451. The van der Waals surface area contributed by atoms with E-state index in [-0.39, 0.29) is 6.10 Å². The average Bonchev–Trinajstić information content (AvgIpc) is 2.47. The maximum Gasteiger partial charge on any atom is 0.0579 e. The van der Waals surface area contributed by atoms with Crippen molar-refractivity contribution in [2.24, 2.45) is 29.1 Å².